The van der Waals surface area contributed by atoms with Crippen LogP contribution in [0.4, 0.5) is 8.78 Å². The topological polar surface area (TPSA) is 34.0 Å². The van der Waals surface area contributed by atoms with Gasteiger partial charge in [0.05, 0.1) is 0 Å². The molecule has 0 atom stereocenters. The SMILES string of the molecule is Cc1ccc(-c2c(C)cn(C)c2C(=O)NCc2cc(F)cc(F)c2)cc1. The first kappa shape index (κ1) is 17.9. The minimum absolute atomic E-state index is 0.0467. The molecule has 3 rings (SSSR count). The van der Waals surface area contributed by atoms with Crippen LogP contribution in [0, 0.1) is 25.5 Å². The Hall–Kier alpha value is -2.95. The number of carbonyl (C=O) groups excluding carboxylic acids is 1. The van der Waals surface area contributed by atoms with Gasteiger partial charge in [0.2, 0.25) is 0 Å². The molecule has 26 heavy (non-hydrogen) atoms. The van der Waals surface area contributed by atoms with Crippen LogP contribution < -0.4 is 5.32 Å². The average molecular weight is 354 g/mol. The molecule has 0 aliphatic carbocycles. The largest absolute Gasteiger partial charge is 0.347 e. The fraction of sp³-hybridized carbons (Fsp3) is 0.190. The van der Waals surface area contributed by atoms with Crippen LogP contribution in [0.1, 0.15) is 27.2 Å². The van der Waals surface area contributed by atoms with E-state index < -0.39 is 11.6 Å². The molecular formula is C21H20F2N2O. The molecule has 0 saturated heterocycles. The summed E-state index contributed by atoms with van der Waals surface area (Å²) in [6, 6.07) is 11.2. The molecule has 0 fully saturated rings. The van der Waals surface area contributed by atoms with Gasteiger partial charge in [-0.1, -0.05) is 29.8 Å². The number of hydrogen-bond donors (Lipinski definition) is 1. The van der Waals surface area contributed by atoms with Crippen LogP contribution >= 0.6 is 0 Å². The number of aromatic nitrogens is 1. The molecular weight excluding hydrogens is 334 g/mol. The zero-order valence-corrected chi connectivity index (χ0v) is 14.9. The number of hydrogen-bond acceptors (Lipinski definition) is 1. The molecule has 0 aliphatic heterocycles. The molecule has 2 aromatic carbocycles. The minimum Gasteiger partial charge on any atom is -0.347 e. The number of rotatable bonds is 4. The molecule has 134 valence electrons. The summed E-state index contributed by atoms with van der Waals surface area (Å²) in [6.45, 7) is 4.01. The first-order valence-electron chi connectivity index (χ1n) is 8.31. The first-order valence-corrected chi connectivity index (χ1v) is 8.31. The summed E-state index contributed by atoms with van der Waals surface area (Å²) < 4.78 is 28.4. The molecule has 0 bridgehead atoms. The first-order chi connectivity index (χ1) is 12.3. The smallest absolute Gasteiger partial charge is 0.268 e. The van der Waals surface area contributed by atoms with Crippen LogP contribution in [0.5, 0.6) is 0 Å². The molecule has 0 spiro atoms. The van der Waals surface area contributed by atoms with Gasteiger partial charge in [-0.3, -0.25) is 4.79 Å². The Labute approximate surface area is 151 Å². The second-order valence-electron chi connectivity index (χ2n) is 6.47. The van der Waals surface area contributed by atoms with Crippen molar-refractivity contribution in [2.45, 2.75) is 20.4 Å². The lowest BCUT2D eigenvalue weighted by Gasteiger charge is -2.10. The van der Waals surface area contributed by atoms with E-state index in [-0.39, 0.29) is 12.5 Å². The molecule has 0 saturated carbocycles. The molecule has 1 N–H and O–H groups in total. The number of halogens is 2. The van der Waals surface area contributed by atoms with Crippen LogP contribution in [0.15, 0.2) is 48.7 Å². The van der Waals surface area contributed by atoms with Crippen LogP contribution in [0.2, 0.25) is 0 Å². The van der Waals surface area contributed by atoms with Crippen molar-refractivity contribution in [1.82, 2.24) is 9.88 Å². The summed E-state index contributed by atoms with van der Waals surface area (Å²) in [6.07, 6.45) is 1.89. The normalized spacial score (nSPS) is 10.8. The highest BCUT2D eigenvalue weighted by Gasteiger charge is 2.19. The summed E-state index contributed by atoms with van der Waals surface area (Å²) in [5.41, 5.74) is 4.83. The molecule has 0 radical (unpaired) electrons. The molecule has 1 aromatic heterocycles. The quantitative estimate of drug-likeness (QED) is 0.734. The van der Waals surface area contributed by atoms with Gasteiger partial charge in [-0.15, -0.1) is 0 Å². The van der Waals surface area contributed by atoms with Crippen molar-refractivity contribution < 1.29 is 13.6 Å². The number of nitrogens with one attached hydrogen (secondary N) is 1. The van der Waals surface area contributed by atoms with Gasteiger partial charge >= 0.3 is 0 Å². The van der Waals surface area contributed by atoms with Gasteiger partial charge in [0.1, 0.15) is 17.3 Å². The maximum absolute atomic E-state index is 13.3. The van der Waals surface area contributed by atoms with E-state index in [2.05, 4.69) is 5.32 Å². The van der Waals surface area contributed by atoms with Crippen molar-refractivity contribution in [3.05, 3.63) is 82.7 Å². The van der Waals surface area contributed by atoms with E-state index in [0.29, 0.717) is 11.3 Å². The van der Waals surface area contributed by atoms with Gasteiger partial charge in [-0.25, -0.2) is 8.78 Å². The summed E-state index contributed by atoms with van der Waals surface area (Å²) in [7, 11) is 1.81. The summed E-state index contributed by atoms with van der Waals surface area (Å²) in [5, 5.41) is 2.75. The Balaban J connectivity index is 1.88. The predicted octanol–water partition coefficient (Wildman–Crippen LogP) is 4.52. The van der Waals surface area contributed by atoms with E-state index >= 15 is 0 Å². The van der Waals surface area contributed by atoms with E-state index in [1.165, 1.54) is 12.1 Å². The fourth-order valence-corrected chi connectivity index (χ4v) is 3.12. The third-order valence-electron chi connectivity index (χ3n) is 4.30. The second kappa shape index (κ2) is 7.12. The number of benzene rings is 2. The van der Waals surface area contributed by atoms with E-state index in [0.717, 1.165) is 28.3 Å². The predicted molar refractivity (Wildman–Crippen MR) is 97.9 cm³/mol. The standard InChI is InChI=1S/C21H20F2N2O/c1-13-4-6-16(7-5-13)19-14(2)12-25(3)20(19)21(26)24-11-15-8-17(22)10-18(23)9-15/h4-10,12H,11H2,1-3H3,(H,24,26). The molecule has 3 nitrogen and oxygen atoms in total. The Kier molecular flexibility index (Phi) is 4.89. The van der Waals surface area contributed by atoms with Crippen LogP contribution in [0.25, 0.3) is 11.1 Å². The highest BCUT2D eigenvalue weighted by Crippen LogP contribution is 2.29. The third kappa shape index (κ3) is 3.67. The zero-order valence-electron chi connectivity index (χ0n) is 14.9. The number of aryl methyl sites for hydroxylation is 3. The lowest BCUT2D eigenvalue weighted by atomic mass is 10.0. The van der Waals surface area contributed by atoms with Crippen LogP contribution in [-0.4, -0.2) is 10.5 Å². The van der Waals surface area contributed by atoms with Crippen molar-refractivity contribution in [3.8, 4) is 11.1 Å². The van der Waals surface area contributed by atoms with E-state index in [1.807, 2.05) is 51.4 Å². The molecule has 0 unspecified atom stereocenters. The van der Waals surface area contributed by atoms with Crippen LogP contribution in [-0.2, 0) is 13.6 Å². The lowest BCUT2D eigenvalue weighted by molar-refractivity contribution is 0.0943. The highest BCUT2D eigenvalue weighted by atomic mass is 19.1. The maximum Gasteiger partial charge on any atom is 0.268 e. The Morgan fingerprint density at radius 2 is 1.65 bits per heavy atom. The van der Waals surface area contributed by atoms with Gasteiger partial charge in [-0.05, 0) is 42.7 Å². The van der Waals surface area contributed by atoms with Gasteiger partial charge in [0, 0.05) is 31.4 Å². The van der Waals surface area contributed by atoms with Crippen molar-refractivity contribution in [3.63, 3.8) is 0 Å². The molecule has 1 heterocycles. The van der Waals surface area contributed by atoms with Crippen molar-refractivity contribution in [2.24, 2.45) is 7.05 Å². The average Bonchev–Trinajstić information content (AvgIpc) is 2.87. The van der Waals surface area contributed by atoms with Crippen LogP contribution in [0.3, 0.4) is 0 Å². The van der Waals surface area contributed by atoms with E-state index in [4.69, 9.17) is 0 Å². The Bertz CT molecular complexity index is 939. The number of nitrogens with zero attached hydrogens (tertiary/aromatic N) is 1. The van der Waals surface area contributed by atoms with Gasteiger partial charge in [0.25, 0.3) is 5.91 Å². The van der Waals surface area contributed by atoms with Gasteiger partial charge in [0.15, 0.2) is 0 Å². The molecule has 1 amide bonds. The lowest BCUT2D eigenvalue weighted by Crippen LogP contribution is -2.25. The summed E-state index contributed by atoms with van der Waals surface area (Å²) in [5.74, 6) is -1.62. The fourth-order valence-electron chi connectivity index (χ4n) is 3.12. The Morgan fingerprint density at radius 3 is 2.27 bits per heavy atom. The van der Waals surface area contributed by atoms with E-state index in [1.54, 1.807) is 4.57 Å². The van der Waals surface area contributed by atoms with Crippen molar-refractivity contribution >= 4 is 5.91 Å². The highest BCUT2D eigenvalue weighted by molar-refractivity contribution is 6.00. The molecule has 5 heteroatoms. The summed E-state index contributed by atoms with van der Waals surface area (Å²) >= 11 is 0. The second-order valence-corrected chi connectivity index (χ2v) is 6.47. The Morgan fingerprint density at radius 1 is 1.04 bits per heavy atom. The third-order valence-corrected chi connectivity index (χ3v) is 4.30. The number of amides is 1. The zero-order chi connectivity index (χ0) is 18.8. The summed E-state index contributed by atoms with van der Waals surface area (Å²) in [4.78, 5) is 12.8. The monoisotopic (exact) mass is 354 g/mol. The van der Waals surface area contributed by atoms with Gasteiger partial charge < -0.3 is 9.88 Å². The number of carbonyl (C=O) groups is 1. The maximum atomic E-state index is 13.3. The van der Waals surface area contributed by atoms with Crippen molar-refractivity contribution in [1.29, 1.82) is 0 Å². The molecule has 0 aliphatic rings. The molecule has 3 aromatic rings. The minimum atomic E-state index is -0.663. The van der Waals surface area contributed by atoms with Crippen molar-refractivity contribution in [2.75, 3.05) is 0 Å². The van der Waals surface area contributed by atoms with Gasteiger partial charge in [-0.2, -0.15) is 0 Å². The van der Waals surface area contributed by atoms with E-state index in [9.17, 15) is 13.6 Å².